The molecule has 0 saturated carbocycles. The molecule has 1 heteroatoms. The van der Waals surface area contributed by atoms with Gasteiger partial charge in [0, 0.05) is 13.1 Å². The van der Waals surface area contributed by atoms with Gasteiger partial charge in [0.15, 0.2) is 0 Å². The van der Waals surface area contributed by atoms with Gasteiger partial charge in [-0.05, 0) is 26.0 Å². The first-order valence-corrected chi connectivity index (χ1v) is 5.50. The van der Waals surface area contributed by atoms with Crippen LogP contribution in [0.2, 0.25) is 0 Å². The summed E-state index contributed by atoms with van der Waals surface area (Å²) in [5.74, 6) is 0. The summed E-state index contributed by atoms with van der Waals surface area (Å²) in [6.45, 7) is 8.31. The van der Waals surface area contributed by atoms with Gasteiger partial charge < -0.3 is 4.90 Å². The summed E-state index contributed by atoms with van der Waals surface area (Å²) < 4.78 is 0. The van der Waals surface area contributed by atoms with Crippen molar-refractivity contribution in [1.82, 2.24) is 4.90 Å². The minimum Gasteiger partial charge on any atom is -0.302 e. The molecule has 0 aliphatic carbocycles. The van der Waals surface area contributed by atoms with Crippen LogP contribution in [0.1, 0.15) is 27.2 Å². The first-order chi connectivity index (χ1) is 6.83. The van der Waals surface area contributed by atoms with Crippen LogP contribution in [0.15, 0.2) is 36.0 Å². The van der Waals surface area contributed by atoms with E-state index < -0.39 is 0 Å². The summed E-state index contributed by atoms with van der Waals surface area (Å²) in [6, 6.07) is 0. The lowest BCUT2D eigenvalue weighted by Gasteiger charge is -2.19. The molecular formula is C13H23N. The van der Waals surface area contributed by atoms with E-state index in [0.29, 0.717) is 0 Å². The molecule has 0 spiro atoms. The lowest BCUT2D eigenvalue weighted by molar-refractivity contribution is 0.361. The van der Waals surface area contributed by atoms with E-state index in [9.17, 15) is 0 Å². The normalized spacial score (nSPS) is 18.1. The molecule has 0 N–H and O–H groups in total. The van der Waals surface area contributed by atoms with Gasteiger partial charge in [-0.25, -0.2) is 0 Å². The van der Waals surface area contributed by atoms with Gasteiger partial charge in [-0.3, -0.25) is 0 Å². The fourth-order valence-electron chi connectivity index (χ4n) is 1.23. The van der Waals surface area contributed by atoms with Crippen LogP contribution < -0.4 is 0 Å². The fourth-order valence-corrected chi connectivity index (χ4v) is 1.23. The van der Waals surface area contributed by atoms with Crippen LogP contribution in [0.4, 0.5) is 0 Å². The zero-order valence-electron chi connectivity index (χ0n) is 9.96. The maximum Gasteiger partial charge on any atom is 0.0165 e. The van der Waals surface area contributed by atoms with Crippen molar-refractivity contribution < 1.29 is 0 Å². The molecule has 0 unspecified atom stereocenters. The Balaban J connectivity index is 0.000000791. The molecule has 0 aromatic carbocycles. The van der Waals surface area contributed by atoms with Crippen LogP contribution in [-0.2, 0) is 0 Å². The molecule has 1 heterocycles. The highest BCUT2D eigenvalue weighted by Gasteiger charge is 2.03. The molecule has 80 valence electrons. The summed E-state index contributed by atoms with van der Waals surface area (Å²) in [7, 11) is 2.16. The van der Waals surface area contributed by atoms with Gasteiger partial charge in [0.2, 0.25) is 0 Å². The van der Waals surface area contributed by atoms with Crippen LogP contribution in [0, 0.1) is 0 Å². The second-order valence-electron chi connectivity index (χ2n) is 3.18. The maximum absolute atomic E-state index is 2.33. The van der Waals surface area contributed by atoms with Crippen LogP contribution in [0.5, 0.6) is 0 Å². The third-order valence-corrected chi connectivity index (χ3v) is 2.06. The molecule has 1 rings (SSSR count). The van der Waals surface area contributed by atoms with E-state index in [-0.39, 0.29) is 0 Å². The maximum atomic E-state index is 2.33. The van der Waals surface area contributed by atoms with Gasteiger partial charge in [0.25, 0.3) is 0 Å². The largest absolute Gasteiger partial charge is 0.302 e. The molecule has 1 nitrogen and oxygen atoms in total. The molecule has 0 bridgehead atoms. The summed E-state index contributed by atoms with van der Waals surface area (Å²) in [5, 5.41) is 0. The summed E-state index contributed by atoms with van der Waals surface area (Å²) in [6.07, 6.45) is 11.9. The van der Waals surface area contributed by atoms with Gasteiger partial charge >= 0.3 is 0 Å². The van der Waals surface area contributed by atoms with Gasteiger partial charge in [0.05, 0.1) is 0 Å². The number of nitrogens with zero attached hydrogens (tertiary/aromatic N) is 1. The molecule has 0 fully saturated rings. The standard InChI is InChI=1S/C11H17N.C2H6/c1-3-4-5-6-11-7-9-12(2)10-8-11;1-2/h3-7H,8-10H2,1-2H3;1-2H3/b4-3-,6-5-;. The summed E-state index contributed by atoms with van der Waals surface area (Å²) in [5.41, 5.74) is 1.46. The van der Waals surface area contributed by atoms with E-state index in [0.717, 1.165) is 6.54 Å². The summed E-state index contributed by atoms with van der Waals surface area (Å²) in [4.78, 5) is 2.33. The molecule has 0 atom stereocenters. The molecule has 0 aromatic rings. The first kappa shape index (κ1) is 13.2. The van der Waals surface area contributed by atoms with Crippen molar-refractivity contribution in [2.45, 2.75) is 27.2 Å². The van der Waals surface area contributed by atoms with Crippen molar-refractivity contribution in [3.8, 4) is 0 Å². The van der Waals surface area contributed by atoms with Crippen LogP contribution in [0.3, 0.4) is 0 Å². The second-order valence-corrected chi connectivity index (χ2v) is 3.18. The third-order valence-electron chi connectivity index (χ3n) is 2.06. The Labute approximate surface area is 88.8 Å². The first-order valence-electron chi connectivity index (χ1n) is 5.50. The zero-order valence-corrected chi connectivity index (χ0v) is 9.96. The zero-order chi connectivity index (χ0) is 10.8. The average Bonchev–Trinajstić information content (AvgIpc) is 2.24. The minimum absolute atomic E-state index is 1.09. The van der Waals surface area contributed by atoms with E-state index in [1.807, 2.05) is 26.8 Å². The predicted octanol–water partition coefficient (Wildman–Crippen LogP) is 3.41. The number of rotatable bonds is 2. The lowest BCUT2D eigenvalue weighted by atomic mass is 10.1. The van der Waals surface area contributed by atoms with E-state index in [2.05, 4.69) is 36.3 Å². The van der Waals surface area contributed by atoms with E-state index in [1.54, 1.807) is 0 Å². The predicted molar refractivity (Wildman–Crippen MR) is 65.5 cm³/mol. The van der Waals surface area contributed by atoms with E-state index in [4.69, 9.17) is 0 Å². The molecule has 1 aliphatic heterocycles. The summed E-state index contributed by atoms with van der Waals surface area (Å²) >= 11 is 0. The Morgan fingerprint density at radius 2 is 2.00 bits per heavy atom. The van der Waals surface area contributed by atoms with Gasteiger partial charge in [-0.2, -0.15) is 0 Å². The van der Waals surface area contributed by atoms with Crippen molar-refractivity contribution in [3.63, 3.8) is 0 Å². The number of likely N-dealkylation sites (N-methyl/N-ethyl adjacent to an activating group) is 1. The van der Waals surface area contributed by atoms with Crippen molar-refractivity contribution >= 4 is 0 Å². The van der Waals surface area contributed by atoms with E-state index >= 15 is 0 Å². The Morgan fingerprint density at radius 3 is 2.50 bits per heavy atom. The number of hydrogen-bond acceptors (Lipinski definition) is 1. The van der Waals surface area contributed by atoms with E-state index in [1.165, 1.54) is 18.5 Å². The Kier molecular flexibility index (Phi) is 8.25. The molecule has 0 saturated heterocycles. The average molecular weight is 193 g/mol. The molecule has 0 aromatic heterocycles. The van der Waals surface area contributed by atoms with Crippen LogP contribution >= 0.6 is 0 Å². The molecular weight excluding hydrogens is 170 g/mol. The van der Waals surface area contributed by atoms with Gasteiger partial charge in [-0.15, -0.1) is 0 Å². The van der Waals surface area contributed by atoms with Gasteiger partial charge in [0.1, 0.15) is 0 Å². The molecule has 1 aliphatic rings. The smallest absolute Gasteiger partial charge is 0.0165 e. The third kappa shape index (κ3) is 5.76. The van der Waals surface area contributed by atoms with Crippen molar-refractivity contribution in [2.75, 3.05) is 20.1 Å². The Morgan fingerprint density at radius 1 is 1.29 bits per heavy atom. The van der Waals surface area contributed by atoms with Crippen molar-refractivity contribution in [1.29, 1.82) is 0 Å². The Hall–Kier alpha value is -0.820. The molecule has 14 heavy (non-hydrogen) atoms. The van der Waals surface area contributed by atoms with Gasteiger partial charge in [-0.1, -0.05) is 44.2 Å². The Bertz CT molecular complexity index is 209. The van der Waals surface area contributed by atoms with Crippen molar-refractivity contribution in [3.05, 3.63) is 36.0 Å². The highest BCUT2D eigenvalue weighted by molar-refractivity contribution is 5.24. The monoisotopic (exact) mass is 193 g/mol. The van der Waals surface area contributed by atoms with Crippen LogP contribution in [-0.4, -0.2) is 25.0 Å². The topological polar surface area (TPSA) is 3.24 Å². The minimum atomic E-state index is 1.09. The highest BCUT2D eigenvalue weighted by atomic mass is 15.1. The fraction of sp³-hybridized carbons (Fsp3) is 0.538. The number of hydrogen-bond donors (Lipinski definition) is 0. The van der Waals surface area contributed by atoms with Crippen molar-refractivity contribution in [2.24, 2.45) is 0 Å². The SMILES string of the molecule is C/C=C\C=C/C1=CCN(C)CC1.CC. The van der Waals surface area contributed by atoms with Crippen LogP contribution in [0.25, 0.3) is 0 Å². The number of allylic oxidation sites excluding steroid dienone is 4. The molecule has 0 amide bonds. The molecule has 0 radical (unpaired) electrons. The lowest BCUT2D eigenvalue weighted by Crippen LogP contribution is -2.23. The second kappa shape index (κ2) is 8.76. The highest BCUT2D eigenvalue weighted by Crippen LogP contribution is 2.09. The quantitative estimate of drug-likeness (QED) is 0.607.